The van der Waals surface area contributed by atoms with E-state index in [2.05, 4.69) is 11.9 Å². The molecule has 1 atom stereocenters. The molecule has 3 nitrogen and oxygen atoms in total. The van der Waals surface area contributed by atoms with E-state index in [0.29, 0.717) is 6.54 Å². The highest BCUT2D eigenvalue weighted by Crippen LogP contribution is 2.25. The topological polar surface area (TPSA) is 48.1 Å². The number of hydrogen-bond acceptors (Lipinski definition) is 4. The maximum absolute atomic E-state index is 5.64. The number of nitrogens with two attached hydrogens (primary N) is 1. The molecular formula is C10H18N2OS. The van der Waals surface area contributed by atoms with Crippen molar-refractivity contribution in [3.05, 3.63) is 15.6 Å². The van der Waals surface area contributed by atoms with Crippen LogP contribution >= 0.6 is 11.3 Å². The highest BCUT2D eigenvalue weighted by molar-refractivity contribution is 7.11. The van der Waals surface area contributed by atoms with E-state index in [1.165, 1.54) is 4.88 Å². The van der Waals surface area contributed by atoms with Gasteiger partial charge in [0.1, 0.15) is 11.1 Å². The van der Waals surface area contributed by atoms with Crippen LogP contribution in [0, 0.1) is 0 Å². The number of rotatable bonds is 5. The quantitative estimate of drug-likeness (QED) is 0.818. The molecular weight excluding hydrogens is 196 g/mol. The zero-order valence-corrected chi connectivity index (χ0v) is 9.86. The van der Waals surface area contributed by atoms with Crippen molar-refractivity contribution in [3.63, 3.8) is 0 Å². The molecule has 80 valence electrons. The minimum absolute atomic E-state index is 0.0931. The molecule has 1 rings (SSSR count). The molecule has 0 aliphatic rings. The Kier molecular flexibility index (Phi) is 4.51. The van der Waals surface area contributed by atoms with Crippen LogP contribution in [-0.4, -0.2) is 11.6 Å². The molecule has 14 heavy (non-hydrogen) atoms. The summed E-state index contributed by atoms with van der Waals surface area (Å²) in [5.41, 5.74) is 6.77. The van der Waals surface area contributed by atoms with E-state index in [9.17, 15) is 0 Å². The zero-order valence-electron chi connectivity index (χ0n) is 9.04. The van der Waals surface area contributed by atoms with Crippen LogP contribution in [-0.2, 0) is 17.7 Å². The zero-order chi connectivity index (χ0) is 10.6. The summed E-state index contributed by atoms with van der Waals surface area (Å²) in [5.74, 6) is 0. The second kappa shape index (κ2) is 5.44. The first-order valence-corrected chi connectivity index (χ1v) is 5.84. The van der Waals surface area contributed by atoms with Crippen molar-refractivity contribution in [2.45, 2.75) is 39.8 Å². The maximum Gasteiger partial charge on any atom is 0.122 e. The van der Waals surface area contributed by atoms with Crippen LogP contribution in [0.25, 0.3) is 0 Å². The van der Waals surface area contributed by atoms with Crippen LogP contribution in [0.1, 0.15) is 42.5 Å². The number of aryl methyl sites for hydroxylation is 1. The van der Waals surface area contributed by atoms with Crippen LogP contribution in [0.3, 0.4) is 0 Å². The summed E-state index contributed by atoms with van der Waals surface area (Å²) in [4.78, 5) is 5.72. The van der Waals surface area contributed by atoms with Gasteiger partial charge in [0.15, 0.2) is 0 Å². The van der Waals surface area contributed by atoms with Crippen LogP contribution in [0.2, 0.25) is 0 Å². The van der Waals surface area contributed by atoms with E-state index >= 15 is 0 Å². The van der Waals surface area contributed by atoms with E-state index in [-0.39, 0.29) is 6.10 Å². The van der Waals surface area contributed by atoms with Gasteiger partial charge in [-0.2, -0.15) is 0 Å². The lowest BCUT2D eigenvalue weighted by Gasteiger charge is -2.06. The number of hydrogen-bond donors (Lipinski definition) is 1. The first-order valence-electron chi connectivity index (χ1n) is 5.03. The fourth-order valence-corrected chi connectivity index (χ4v) is 2.37. The summed E-state index contributed by atoms with van der Waals surface area (Å²) in [6.45, 7) is 7.43. The molecule has 1 heterocycles. The normalized spacial score (nSPS) is 13.1. The van der Waals surface area contributed by atoms with Crippen molar-refractivity contribution in [1.82, 2.24) is 4.98 Å². The molecule has 2 N–H and O–H groups in total. The van der Waals surface area contributed by atoms with Crippen LogP contribution in [0.5, 0.6) is 0 Å². The minimum atomic E-state index is 0.0931. The third-order valence-electron chi connectivity index (χ3n) is 2.08. The Morgan fingerprint density at radius 1 is 1.50 bits per heavy atom. The Hall–Kier alpha value is -0.450. The van der Waals surface area contributed by atoms with E-state index in [0.717, 1.165) is 23.7 Å². The summed E-state index contributed by atoms with van der Waals surface area (Å²) < 4.78 is 5.49. The molecule has 0 radical (unpaired) electrons. The first-order chi connectivity index (χ1) is 6.72. The van der Waals surface area contributed by atoms with Crippen LogP contribution in [0.15, 0.2) is 0 Å². The molecule has 1 unspecified atom stereocenters. The average Bonchev–Trinajstić information content (AvgIpc) is 2.61. The molecule has 0 spiro atoms. The Morgan fingerprint density at radius 3 is 2.64 bits per heavy atom. The minimum Gasteiger partial charge on any atom is -0.372 e. The maximum atomic E-state index is 5.64. The fourth-order valence-electron chi connectivity index (χ4n) is 1.33. The van der Waals surface area contributed by atoms with Gasteiger partial charge in [0.2, 0.25) is 0 Å². The molecule has 0 aliphatic heterocycles. The highest BCUT2D eigenvalue weighted by atomic mass is 32.1. The van der Waals surface area contributed by atoms with Crippen molar-refractivity contribution in [2.24, 2.45) is 5.73 Å². The van der Waals surface area contributed by atoms with Gasteiger partial charge in [0.05, 0.1) is 5.69 Å². The van der Waals surface area contributed by atoms with E-state index in [4.69, 9.17) is 10.5 Å². The molecule has 0 amide bonds. The lowest BCUT2D eigenvalue weighted by Crippen LogP contribution is -1.99. The molecule has 0 aromatic carbocycles. The van der Waals surface area contributed by atoms with Gasteiger partial charge in [-0.05, 0) is 20.3 Å². The van der Waals surface area contributed by atoms with Gasteiger partial charge >= 0.3 is 0 Å². The monoisotopic (exact) mass is 214 g/mol. The van der Waals surface area contributed by atoms with Gasteiger partial charge in [-0.1, -0.05) is 6.92 Å². The lowest BCUT2D eigenvalue weighted by atomic mass is 10.3. The SMILES string of the molecule is CCOC(C)c1nc(CC)c(CN)s1. The number of nitrogens with zero attached hydrogens (tertiary/aromatic N) is 1. The van der Waals surface area contributed by atoms with Crippen molar-refractivity contribution in [1.29, 1.82) is 0 Å². The van der Waals surface area contributed by atoms with Crippen molar-refractivity contribution in [2.75, 3.05) is 6.61 Å². The van der Waals surface area contributed by atoms with Gasteiger partial charge in [-0.3, -0.25) is 0 Å². The Balaban J connectivity index is 2.83. The predicted molar refractivity (Wildman–Crippen MR) is 59.4 cm³/mol. The van der Waals surface area contributed by atoms with E-state index in [1.807, 2.05) is 13.8 Å². The second-order valence-corrected chi connectivity index (χ2v) is 4.19. The summed E-state index contributed by atoms with van der Waals surface area (Å²) in [6, 6.07) is 0. The van der Waals surface area contributed by atoms with Gasteiger partial charge in [-0.25, -0.2) is 4.98 Å². The lowest BCUT2D eigenvalue weighted by molar-refractivity contribution is 0.0761. The third kappa shape index (κ3) is 2.53. The third-order valence-corrected chi connectivity index (χ3v) is 3.36. The summed E-state index contributed by atoms with van der Waals surface area (Å²) >= 11 is 1.67. The molecule has 0 saturated carbocycles. The van der Waals surface area contributed by atoms with E-state index in [1.54, 1.807) is 11.3 Å². The fraction of sp³-hybridized carbons (Fsp3) is 0.700. The number of aromatic nitrogens is 1. The molecule has 0 saturated heterocycles. The number of ether oxygens (including phenoxy) is 1. The molecule has 0 fully saturated rings. The van der Waals surface area contributed by atoms with Crippen LogP contribution in [0.4, 0.5) is 0 Å². The first kappa shape index (κ1) is 11.6. The molecule has 0 aliphatic carbocycles. The standard InChI is InChI=1S/C10H18N2OS/c1-4-8-9(6-11)14-10(12-8)7(3)13-5-2/h7H,4-6,11H2,1-3H3. The van der Waals surface area contributed by atoms with Crippen molar-refractivity contribution < 1.29 is 4.74 Å². The Labute approximate surface area is 89.3 Å². The average molecular weight is 214 g/mol. The second-order valence-electron chi connectivity index (χ2n) is 3.08. The molecule has 0 bridgehead atoms. The van der Waals surface area contributed by atoms with Gasteiger partial charge in [0.25, 0.3) is 0 Å². The summed E-state index contributed by atoms with van der Waals surface area (Å²) in [5, 5.41) is 1.05. The molecule has 1 aromatic rings. The van der Waals surface area contributed by atoms with Crippen molar-refractivity contribution in [3.8, 4) is 0 Å². The van der Waals surface area contributed by atoms with Crippen molar-refractivity contribution >= 4 is 11.3 Å². The Bertz CT molecular complexity index is 264. The smallest absolute Gasteiger partial charge is 0.122 e. The predicted octanol–water partition coefficient (Wildman–Crippen LogP) is 2.26. The number of thiazole rings is 1. The van der Waals surface area contributed by atoms with Gasteiger partial charge in [-0.15, -0.1) is 11.3 Å². The molecule has 1 aromatic heterocycles. The summed E-state index contributed by atoms with van der Waals surface area (Å²) in [6.07, 6.45) is 1.04. The van der Waals surface area contributed by atoms with E-state index < -0.39 is 0 Å². The van der Waals surface area contributed by atoms with Crippen LogP contribution < -0.4 is 5.73 Å². The highest BCUT2D eigenvalue weighted by Gasteiger charge is 2.13. The Morgan fingerprint density at radius 2 is 2.21 bits per heavy atom. The van der Waals surface area contributed by atoms with Gasteiger partial charge in [0, 0.05) is 18.0 Å². The summed E-state index contributed by atoms with van der Waals surface area (Å²) in [7, 11) is 0. The van der Waals surface area contributed by atoms with Gasteiger partial charge < -0.3 is 10.5 Å². The molecule has 4 heteroatoms. The largest absolute Gasteiger partial charge is 0.372 e.